The third-order valence-corrected chi connectivity index (χ3v) is 3.47. The van der Waals surface area contributed by atoms with Gasteiger partial charge in [0.1, 0.15) is 12.4 Å². The highest BCUT2D eigenvalue weighted by Crippen LogP contribution is 2.24. The van der Waals surface area contributed by atoms with Crippen LogP contribution in [-0.4, -0.2) is 0 Å². The second-order valence-electron chi connectivity index (χ2n) is 3.79. The van der Waals surface area contributed by atoms with Crippen LogP contribution in [0.4, 0.5) is 0 Å². The molecule has 0 spiro atoms. The lowest BCUT2D eigenvalue weighted by molar-refractivity contribution is 0.303. The summed E-state index contributed by atoms with van der Waals surface area (Å²) >= 11 is 9.36. The number of hydrogen-bond acceptors (Lipinski definition) is 1. The van der Waals surface area contributed by atoms with Crippen LogP contribution < -0.4 is 4.74 Å². The van der Waals surface area contributed by atoms with E-state index in [-0.39, 0.29) is 0 Å². The molecule has 17 heavy (non-hydrogen) atoms. The number of aryl methyl sites for hydroxylation is 1. The molecule has 2 rings (SSSR count). The Morgan fingerprint density at radius 3 is 2.65 bits per heavy atom. The molecule has 0 aromatic heterocycles. The van der Waals surface area contributed by atoms with Gasteiger partial charge in [-0.2, -0.15) is 0 Å². The molecule has 0 fully saturated rings. The maximum absolute atomic E-state index is 5.89. The Labute approximate surface area is 115 Å². The smallest absolute Gasteiger partial charge is 0.122 e. The first-order valence-corrected chi connectivity index (χ1v) is 6.46. The van der Waals surface area contributed by atoms with E-state index in [1.54, 1.807) is 0 Å². The molecule has 0 aliphatic heterocycles. The molecule has 88 valence electrons. The summed E-state index contributed by atoms with van der Waals surface area (Å²) in [6.07, 6.45) is 0. The van der Waals surface area contributed by atoms with Crippen LogP contribution in [-0.2, 0) is 6.61 Å². The number of benzene rings is 2. The number of ether oxygens (including phenoxy) is 1. The van der Waals surface area contributed by atoms with Crippen molar-refractivity contribution in [2.45, 2.75) is 13.5 Å². The Morgan fingerprint density at radius 2 is 1.94 bits per heavy atom. The van der Waals surface area contributed by atoms with E-state index in [0.717, 1.165) is 26.4 Å². The molecule has 3 heteroatoms. The van der Waals surface area contributed by atoms with Crippen LogP contribution in [0.3, 0.4) is 0 Å². The highest BCUT2D eigenvalue weighted by Gasteiger charge is 2.03. The van der Waals surface area contributed by atoms with Crippen molar-refractivity contribution in [1.82, 2.24) is 0 Å². The molecule has 0 atom stereocenters. The number of halogens is 2. The van der Waals surface area contributed by atoms with Crippen LogP contribution in [0.1, 0.15) is 11.1 Å². The molecule has 0 aliphatic carbocycles. The maximum atomic E-state index is 5.89. The first-order valence-electron chi connectivity index (χ1n) is 5.29. The molecule has 0 saturated carbocycles. The second-order valence-corrected chi connectivity index (χ2v) is 5.08. The van der Waals surface area contributed by atoms with E-state index in [0.29, 0.717) is 6.61 Å². The standard InChI is InChI=1S/C14H12BrClO/c1-10-4-2-3-5-14(10)17-9-11-6-7-12(16)8-13(11)15/h2-8H,9H2,1H3. The third-order valence-electron chi connectivity index (χ3n) is 2.49. The van der Waals surface area contributed by atoms with E-state index >= 15 is 0 Å². The molecule has 0 saturated heterocycles. The van der Waals surface area contributed by atoms with Crippen LogP contribution in [0, 0.1) is 6.92 Å². The third kappa shape index (κ3) is 3.24. The minimum atomic E-state index is 0.530. The summed E-state index contributed by atoms with van der Waals surface area (Å²) in [5, 5.41) is 0.719. The van der Waals surface area contributed by atoms with Gasteiger partial charge in [-0.05, 0) is 30.7 Å². The summed E-state index contributed by atoms with van der Waals surface area (Å²) in [6, 6.07) is 13.7. The Balaban J connectivity index is 2.10. The van der Waals surface area contributed by atoms with Crippen LogP contribution in [0.15, 0.2) is 46.9 Å². The van der Waals surface area contributed by atoms with Gasteiger partial charge >= 0.3 is 0 Å². The summed E-state index contributed by atoms with van der Waals surface area (Å²) in [5.41, 5.74) is 2.22. The van der Waals surface area contributed by atoms with Gasteiger partial charge in [-0.1, -0.05) is 51.8 Å². The van der Waals surface area contributed by atoms with Gasteiger partial charge in [0.25, 0.3) is 0 Å². The van der Waals surface area contributed by atoms with E-state index < -0.39 is 0 Å². The van der Waals surface area contributed by atoms with Gasteiger partial charge in [0.05, 0.1) is 0 Å². The SMILES string of the molecule is Cc1ccccc1OCc1ccc(Cl)cc1Br. The van der Waals surface area contributed by atoms with Crippen LogP contribution in [0.2, 0.25) is 5.02 Å². The van der Waals surface area contributed by atoms with Crippen LogP contribution >= 0.6 is 27.5 Å². The second kappa shape index (κ2) is 5.56. The zero-order valence-electron chi connectivity index (χ0n) is 9.41. The van der Waals surface area contributed by atoms with E-state index in [1.807, 2.05) is 49.4 Å². The van der Waals surface area contributed by atoms with Crippen molar-refractivity contribution in [1.29, 1.82) is 0 Å². The van der Waals surface area contributed by atoms with Gasteiger partial charge in [-0.25, -0.2) is 0 Å². The first-order chi connectivity index (χ1) is 8.16. The quantitative estimate of drug-likeness (QED) is 0.776. The zero-order valence-corrected chi connectivity index (χ0v) is 11.8. The van der Waals surface area contributed by atoms with Crippen molar-refractivity contribution >= 4 is 27.5 Å². The molecule has 2 aromatic carbocycles. The van der Waals surface area contributed by atoms with Crippen LogP contribution in [0.25, 0.3) is 0 Å². The average Bonchev–Trinajstić information content (AvgIpc) is 2.30. The largest absolute Gasteiger partial charge is 0.489 e. The molecular formula is C14H12BrClO. The topological polar surface area (TPSA) is 9.23 Å². The lowest BCUT2D eigenvalue weighted by Gasteiger charge is -2.10. The summed E-state index contributed by atoms with van der Waals surface area (Å²) in [5.74, 6) is 0.911. The molecule has 0 amide bonds. The van der Waals surface area contributed by atoms with Gasteiger partial charge in [-0.3, -0.25) is 0 Å². The van der Waals surface area contributed by atoms with Crippen molar-refractivity contribution < 1.29 is 4.74 Å². The Kier molecular flexibility index (Phi) is 4.08. The molecule has 0 bridgehead atoms. The number of hydrogen-bond donors (Lipinski definition) is 0. The summed E-state index contributed by atoms with van der Waals surface area (Å²) in [7, 11) is 0. The molecular weight excluding hydrogens is 300 g/mol. The fourth-order valence-electron chi connectivity index (χ4n) is 1.51. The molecule has 1 nitrogen and oxygen atoms in total. The van der Waals surface area contributed by atoms with Crippen molar-refractivity contribution in [3.63, 3.8) is 0 Å². The molecule has 0 aliphatic rings. The molecule has 0 unspecified atom stereocenters. The molecule has 0 heterocycles. The van der Waals surface area contributed by atoms with Crippen molar-refractivity contribution in [2.24, 2.45) is 0 Å². The average molecular weight is 312 g/mol. The van der Waals surface area contributed by atoms with E-state index in [4.69, 9.17) is 16.3 Å². The Morgan fingerprint density at radius 1 is 1.18 bits per heavy atom. The van der Waals surface area contributed by atoms with Gasteiger partial charge in [0.2, 0.25) is 0 Å². The minimum Gasteiger partial charge on any atom is -0.489 e. The maximum Gasteiger partial charge on any atom is 0.122 e. The van der Waals surface area contributed by atoms with Crippen molar-refractivity contribution in [3.05, 3.63) is 63.1 Å². The van der Waals surface area contributed by atoms with E-state index in [1.165, 1.54) is 0 Å². The first kappa shape index (κ1) is 12.5. The minimum absolute atomic E-state index is 0.530. The number of rotatable bonds is 3. The molecule has 0 radical (unpaired) electrons. The Bertz CT molecular complexity index is 525. The summed E-state index contributed by atoms with van der Waals surface area (Å²) in [6.45, 7) is 2.56. The fraction of sp³-hybridized carbons (Fsp3) is 0.143. The zero-order chi connectivity index (χ0) is 12.3. The predicted molar refractivity (Wildman–Crippen MR) is 74.7 cm³/mol. The molecule has 0 N–H and O–H groups in total. The highest BCUT2D eigenvalue weighted by molar-refractivity contribution is 9.10. The molecule has 2 aromatic rings. The van der Waals surface area contributed by atoms with Gasteiger partial charge in [0.15, 0.2) is 0 Å². The van der Waals surface area contributed by atoms with E-state index in [2.05, 4.69) is 15.9 Å². The normalized spacial score (nSPS) is 10.3. The van der Waals surface area contributed by atoms with Crippen molar-refractivity contribution in [3.8, 4) is 5.75 Å². The highest BCUT2D eigenvalue weighted by atomic mass is 79.9. The fourth-order valence-corrected chi connectivity index (χ4v) is 2.31. The number of para-hydroxylation sites is 1. The monoisotopic (exact) mass is 310 g/mol. The van der Waals surface area contributed by atoms with Gasteiger partial charge in [-0.15, -0.1) is 0 Å². The summed E-state index contributed by atoms with van der Waals surface area (Å²) < 4.78 is 6.74. The predicted octanol–water partition coefficient (Wildman–Crippen LogP) is 4.99. The van der Waals surface area contributed by atoms with Crippen LogP contribution in [0.5, 0.6) is 5.75 Å². The lowest BCUT2D eigenvalue weighted by atomic mass is 10.2. The summed E-state index contributed by atoms with van der Waals surface area (Å²) in [4.78, 5) is 0. The van der Waals surface area contributed by atoms with Crippen molar-refractivity contribution in [2.75, 3.05) is 0 Å². The lowest BCUT2D eigenvalue weighted by Crippen LogP contribution is -1.97. The van der Waals surface area contributed by atoms with E-state index in [9.17, 15) is 0 Å². The Hall–Kier alpha value is -0.990. The van der Waals surface area contributed by atoms with Gasteiger partial charge < -0.3 is 4.74 Å². The van der Waals surface area contributed by atoms with Gasteiger partial charge in [0, 0.05) is 15.1 Å².